The van der Waals surface area contributed by atoms with E-state index in [0.717, 1.165) is 23.3 Å². The van der Waals surface area contributed by atoms with Crippen LogP contribution < -0.4 is 16.2 Å². The van der Waals surface area contributed by atoms with Gasteiger partial charge in [0.2, 0.25) is 5.91 Å². The van der Waals surface area contributed by atoms with Gasteiger partial charge in [-0.3, -0.25) is 30.0 Å². The second-order valence-electron chi connectivity index (χ2n) is 10.1. The monoisotopic (exact) mass is 619 g/mol. The van der Waals surface area contributed by atoms with E-state index in [1.807, 2.05) is 31.2 Å². The molecule has 4 amide bonds. The maximum atomic E-state index is 13.3. The summed E-state index contributed by atoms with van der Waals surface area (Å²) in [5.74, 6) is -2.33. The second-order valence-corrected chi connectivity index (χ2v) is 11.1. The Bertz CT molecular complexity index is 1570. The zero-order valence-electron chi connectivity index (χ0n) is 24.2. The number of benzene rings is 2. The van der Waals surface area contributed by atoms with Crippen molar-refractivity contribution in [3.63, 3.8) is 0 Å². The molecule has 230 valence electrons. The molecule has 1 fully saturated rings. The topological polar surface area (TPSA) is 167 Å². The van der Waals surface area contributed by atoms with E-state index in [0.29, 0.717) is 40.5 Å². The molecule has 0 bridgehead atoms. The number of rotatable bonds is 10. The van der Waals surface area contributed by atoms with Crippen LogP contribution in [-0.4, -0.2) is 70.9 Å². The van der Waals surface area contributed by atoms with Gasteiger partial charge in [0.1, 0.15) is 9.88 Å². The maximum Gasteiger partial charge on any atom is 0.330 e. The first-order valence-corrected chi connectivity index (χ1v) is 14.7. The fourth-order valence-electron chi connectivity index (χ4n) is 4.54. The lowest BCUT2D eigenvalue weighted by atomic mass is 10.0. The van der Waals surface area contributed by atoms with E-state index in [-0.39, 0.29) is 30.7 Å². The van der Waals surface area contributed by atoms with Gasteiger partial charge in [-0.05, 0) is 43.0 Å². The SMILES string of the molecule is COC(=O)/C=C/C(=O)NNC(=O)CCc1ccccc1C(=O)N[C@H](C)c1cccc(-c2ncc(C(=O)N3CC[C@H](O)C3)s2)c1. The van der Waals surface area contributed by atoms with E-state index >= 15 is 0 Å². The van der Waals surface area contributed by atoms with Crippen LogP contribution in [0.15, 0.2) is 66.9 Å². The number of thiazole rings is 1. The first kappa shape index (κ1) is 32.0. The van der Waals surface area contributed by atoms with Crippen LogP contribution in [0, 0.1) is 0 Å². The van der Waals surface area contributed by atoms with Crippen LogP contribution in [0.4, 0.5) is 0 Å². The van der Waals surface area contributed by atoms with Gasteiger partial charge < -0.3 is 20.1 Å². The first-order chi connectivity index (χ1) is 21.1. The summed E-state index contributed by atoms with van der Waals surface area (Å²) in [5, 5.41) is 13.4. The van der Waals surface area contributed by atoms with Gasteiger partial charge in [-0.15, -0.1) is 11.3 Å². The van der Waals surface area contributed by atoms with Crippen molar-refractivity contribution in [2.24, 2.45) is 0 Å². The van der Waals surface area contributed by atoms with E-state index < -0.39 is 23.9 Å². The number of amides is 4. The van der Waals surface area contributed by atoms with Crippen LogP contribution in [0.25, 0.3) is 10.6 Å². The molecule has 0 spiro atoms. The molecule has 0 aliphatic carbocycles. The summed E-state index contributed by atoms with van der Waals surface area (Å²) < 4.78 is 4.40. The number of aromatic nitrogens is 1. The third kappa shape index (κ3) is 8.58. The smallest absolute Gasteiger partial charge is 0.330 e. The lowest BCUT2D eigenvalue weighted by molar-refractivity contribution is -0.135. The molecule has 0 radical (unpaired) electrons. The second kappa shape index (κ2) is 15.0. The number of methoxy groups -OCH3 is 1. The van der Waals surface area contributed by atoms with Crippen molar-refractivity contribution in [3.05, 3.63) is 88.4 Å². The minimum absolute atomic E-state index is 0.000462. The number of esters is 1. The molecular weight excluding hydrogens is 586 g/mol. The van der Waals surface area contributed by atoms with E-state index in [4.69, 9.17) is 0 Å². The Morgan fingerprint density at radius 3 is 2.66 bits per heavy atom. The molecule has 2 atom stereocenters. The Labute approximate surface area is 258 Å². The van der Waals surface area contributed by atoms with E-state index in [2.05, 4.69) is 25.9 Å². The zero-order valence-corrected chi connectivity index (χ0v) is 25.1. The van der Waals surface area contributed by atoms with Gasteiger partial charge in [0, 0.05) is 42.8 Å². The Morgan fingerprint density at radius 1 is 1.11 bits per heavy atom. The number of nitrogens with one attached hydrogen (secondary N) is 3. The number of carbonyl (C=O) groups excluding carboxylic acids is 5. The van der Waals surface area contributed by atoms with Crippen LogP contribution in [-0.2, 0) is 25.5 Å². The Morgan fingerprint density at radius 2 is 1.91 bits per heavy atom. The summed E-state index contributed by atoms with van der Waals surface area (Å²) >= 11 is 1.28. The van der Waals surface area contributed by atoms with Gasteiger partial charge in [0.15, 0.2) is 0 Å². The van der Waals surface area contributed by atoms with Crippen LogP contribution in [0.1, 0.15) is 57.0 Å². The number of ether oxygens (including phenoxy) is 1. The number of aliphatic hydroxyl groups is 1. The standard InChI is InChI=1S/C31H33N5O7S/c1-19(21-7-5-8-22(16-21)30-32-17-25(44-30)31(42)36-15-14-23(37)18-36)33-29(41)24-9-4-3-6-20(24)10-11-26(38)34-35-27(39)12-13-28(40)43-2/h3-9,12-13,16-17,19,23,37H,10-11,14-15,18H2,1-2H3,(H,33,41)(H,34,38)(H,35,39)/b13-12+/t19-,23+/m1/s1. The van der Waals surface area contributed by atoms with E-state index in [1.165, 1.54) is 18.4 Å². The van der Waals surface area contributed by atoms with Crippen molar-refractivity contribution in [3.8, 4) is 10.6 Å². The Hall–Kier alpha value is -4.88. The summed E-state index contributed by atoms with van der Waals surface area (Å²) in [5.41, 5.74) is 7.17. The molecule has 2 aromatic carbocycles. The Kier molecular flexibility index (Phi) is 10.9. The fourth-order valence-corrected chi connectivity index (χ4v) is 5.42. The third-order valence-electron chi connectivity index (χ3n) is 6.93. The van der Waals surface area contributed by atoms with E-state index in [1.54, 1.807) is 35.4 Å². The van der Waals surface area contributed by atoms with Crippen LogP contribution in [0.3, 0.4) is 0 Å². The fraction of sp³-hybridized carbons (Fsp3) is 0.290. The molecule has 13 heteroatoms. The van der Waals surface area contributed by atoms with Crippen molar-refractivity contribution in [2.45, 2.75) is 38.3 Å². The molecule has 1 aromatic heterocycles. The van der Waals surface area contributed by atoms with Crippen molar-refractivity contribution in [1.29, 1.82) is 0 Å². The molecule has 0 saturated carbocycles. The first-order valence-electron chi connectivity index (χ1n) is 13.9. The average Bonchev–Trinajstić information content (AvgIpc) is 3.71. The quantitative estimate of drug-likeness (QED) is 0.152. The van der Waals surface area contributed by atoms with Crippen molar-refractivity contribution in [1.82, 2.24) is 26.1 Å². The molecule has 4 rings (SSSR count). The zero-order chi connectivity index (χ0) is 31.6. The summed E-state index contributed by atoms with van der Waals surface area (Å²) in [6.45, 7) is 2.71. The Balaban J connectivity index is 1.34. The number of hydrazine groups is 1. The lowest BCUT2D eigenvalue weighted by Gasteiger charge is -2.17. The highest BCUT2D eigenvalue weighted by Gasteiger charge is 2.27. The predicted molar refractivity (Wildman–Crippen MR) is 162 cm³/mol. The van der Waals surface area contributed by atoms with Gasteiger partial charge in [0.05, 0.1) is 25.5 Å². The minimum Gasteiger partial charge on any atom is -0.466 e. The normalized spacial score (nSPS) is 15.1. The number of β-amino-alcohol motifs (C(OH)–C–C–N with tert-alkyl or cyclic N) is 1. The van der Waals surface area contributed by atoms with Gasteiger partial charge in [-0.2, -0.15) is 0 Å². The number of aryl methyl sites for hydroxylation is 1. The summed E-state index contributed by atoms with van der Waals surface area (Å²) in [6, 6.07) is 14.2. The molecule has 4 N–H and O–H groups in total. The molecule has 1 saturated heterocycles. The van der Waals surface area contributed by atoms with Gasteiger partial charge in [-0.1, -0.05) is 36.4 Å². The minimum atomic E-state index is -0.703. The average molecular weight is 620 g/mol. The summed E-state index contributed by atoms with van der Waals surface area (Å²) in [4.78, 5) is 67.6. The third-order valence-corrected chi connectivity index (χ3v) is 7.96. The van der Waals surface area contributed by atoms with Crippen molar-refractivity contribution < 1.29 is 33.8 Å². The molecular formula is C31H33N5O7S. The van der Waals surface area contributed by atoms with Gasteiger partial charge in [0.25, 0.3) is 17.7 Å². The number of nitrogens with zero attached hydrogens (tertiary/aromatic N) is 2. The number of likely N-dealkylation sites (tertiary alicyclic amines) is 1. The van der Waals surface area contributed by atoms with Crippen LogP contribution >= 0.6 is 11.3 Å². The highest BCUT2D eigenvalue weighted by molar-refractivity contribution is 7.16. The van der Waals surface area contributed by atoms with Gasteiger partial charge >= 0.3 is 5.97 Å². The van der Waals surface area contributed by atoms with E-state index in [9.17, 15) is 29.1 Å². The lowest BCUT2D eigenvalue weighted by Crippen LogP contribution is -2.41. The molecule has 1 aliphatic rings. The molecule has 3 aromatic rings. The van der Waals surface area contributed by atoms with Crippen LogP contribution in [0.2, 0.25) is 0 Å². The number of carbonyl (C=O) groups is 5. The predicted octanol–water partition coefficient (Wildman–Crippen LogP) is 2.32. The molecule has 0 unspecified atom stereocenters. The number of hydrogen-bond acceptors (Lipinski definition) is 9. The summed E-state index contributed by atoms with van der Waals surface area (Å²) in [7, 11) is 1.18. The molecule has 44 heavy (non-hydrogen) atoms. The molecule has 12 nitrogen and oxygen atoms in total. The number of hydrogen-bond donors (Lipinski definition) is 4. The van der Waals surface area contributed by atoms with Gasteiger partial charge in [-0.25, -0.2) is 9.78 Å². The largest absolute Gasteiger partial charge is 0.466 e. The van der Waals surface area contributed by atoms with Crippen molar-refractivity contribution in [2.75, 3.05) is 20.2 Å². The highest BCUT2D eigenvalue weighted by Crippen LogP contribution is 2.29. The number of aliphatic hydroxyl groups excluding tert-OH is 1. The summed E-state index contributed by atoms with van der Waals surface area (Å²) in [6.07, 6.45) is 3.73. The molecule has 2 heterocycles. The van der Waals surface area contributed by atoms with Crippen LogP contribution in [0.5, 0.6) is 0 Å². The van der Waals surface area contributed by atoms with Crippen molar-refractivity contribution >= 4 is 40.9 Å². The highest BCUT2D eigenvalue weighted by atomic mass is 32.1. The molecule has 1 aliphatic heterocycles. The maximum absolute atomic E-state index is 13.3.